The van der Waals surface area contributed by atoms with Crippen LogP contribution < -0.4 is 5.32 Å². The lowest BCUT2D eigenvalue weighted by atomic mass is 10.2. The van der Waals surface area contributed by atoms with Gasteiger partial charge >= 0.3 is 0 Å². The highest BCUT2D eigenvalue weighted by Crippen LogP contribution is 2.15. The monoisotopic (exact) mass is 252 g/mol. The molecule has 2 aromatic heterocycles. The molecule has 0 atom stereocenters. The average Bonchev–Trinajstić information content (AvgIpc) is 3.08. The van der Waals surface area contributed by atoms with Crippen LogP contribution in [0.15, 0.2) is 61.3 Å². The standard InChI is InChI=1S/C15H16N4/c1-18-12-16-10-15(18)11-17-13-5-4-6-14(9-13)19-7-2-3-8-19/h2-10,12,17H,11H2,1H3. The summed E-state index contributed by atoms with van der Waals surface area (Å²) in [5.41, 5.74) is 3.42. The average molecular weight is 252 g/mol. The summed E-state index contributed by atoms with van der Waals surface area (Å²) in [7, 11) is 2.00. The van der Waals surface area contributed by atoms with E-state index in [-0.39, 0.29) is 0 Å². The third kappa shape index (κ3) is 2.52. The van der Waals surface area contributed by atoms with E-state index in [1.165, 1.54) is 0 Å². The van der Waals surface area contributed by atoms with Crippen molar-refractivity contribution in [1.82, 2.24) is 14.1 Å². The molecule has 0 saturated carbocycles. The topological polar surface area (TPSA) is 34.8 Å². The van der Waals surface area contributed by atoms with Gasteiger partial charge in [0, 0.05) is 37.0 Å². The van der Waals surface area contributed by atoms with Crippen LogP contribution in [0.4, 0.5) is 5.69 Å². The Hall–Kier alpha value is -2.49. The zero-order chi connectivity index (χ0) is 13.1. The third-order valence-corrected chi connectivity index (χ3v) is 3.14. The molecule has 1 aromatic carbocycles. The number of hydrogen-bond acceptors (Lipinski definition) is 2. The molecule has 0 bridgehead atoms. The van der Waals surface area contributed by atoms with Crippen molar-refractivity contribution in [3.63, 3.8) is 0 Å². The van der Waals surface area contributed by atoms with Crippen molar-refractivity contribution in [3.05, 3.63) is 67.0 Å². The maximum atomic E-state index is 4.11. The highest BCUT2D eigenvalue weighted by Gasteiger charge is 2.00. The van der Waals surface area contributed by atoms with E-state index in [9.17, 15) is 0 Å². The van der Waals surface area contributed by atoms with Gasteiger partial charge < -0.3 is 14.5 Å². The van der Waals surface area contributed by atoms with Gasteiger partial charge in [-0.1, -0.05) is 6.07 Å². The van der Waals surface area contributed by atoms with Crippen molar-refractivity contribution in [2.24, 2.45) is 7.05 Å². The summed E-state index contributed by atoms with van der Waals surface area (Å²) in [5, 5.41) is 3.42. The molecule has 0 fully saturated rings. The fourth-order valence-corrected chi connectivity index (χ4v) is 2.03. The Balaban J connectivity index is 1.75. The van der Waals surface area contributed by atoms with E-state index in [0.717, 1.165) is 23.6 Å². The smallest absolute Gasteiger partial charge is 0.0946 e. The Labute approximate surface area is 112 Å². The Morgan fingerprint density at radius 1 is 1.16 bits per heavy atom. The molecule has 0 aliphatic heterocycles. The first-order valence-electron chi connectivity index (χ1n) is 6.25. The molecule has 0 amide bonds. The van der Waals surface area contributed by atoms with Crippen LogP contribution in [0.3, 0.4) is 0 Å². The van der Waals surface area contributed by atoms with Crippen molar-refractivity contribution in [2.45, 2.75) is 6.54 Å². The summed E-state index contributed by atoms with van der Waals surface area (Å²) < 4.78 is 4.11. The molecule has 0 aliphatic rings. The van der Waals surface area contributed by atoms with Crippen molar-refractivity contribution in [2.75, 3.05) is 5.32 Å². The molecule has 3 rings (SSSR count). The minimum atomic E-state index is 0.769. The minimum Gasteiger partial charge on any atom is -0.379 e. The molecule has 3 aromatic rings. The maximum absolute atomic E-state index is 4.11. The van der Waals surface area contributed by atoms with Crippen LogP contribution in [0.5, 0.6) is 0 Å². The molecule has 96 valence electrons. The second kappa shape index (κ2) is 5.02. The summed E-state index contributed by atoms with van der Waals surface area (Å²) >= 11 is 0. The van der Waals surface area contributed by atoms with Crippen LogP contribution in [0.1, 0.15) is 5.69 Å². The van der Waals surface area contributed by atoms with Crippen LogP contribution in [-0.4, -0.2) is 14.1 Å². The molecular weight excluding hydrogens is 236 g/mol. The number of imidazole rings is 1. The lowest BCUT2D eigenvalue weighted by Gasteiger charge is -2.09. The first-order chi connectivity index (χ1) is 9.33. The molecule has 0 radical (unpaired) electrons. The normalized spacial score (nSPS) is 10.6. The second-order valence-corrected chi connectivity index (χ2v) is 4.49. The fourth-order valence-electron chi connectivity index (χ4n) is 2.03. The Morgan fingerprint density at radius 2 is 2.00 bits per heavy atom. The van der Waals surface area contributed by atoms with Crippen molar-refractivity contribution >= 4 is 5.69 Å². The van der Waals surface area contributed by atoms with Gasteiger partial charge in [0.15, 0.2) is 0 Å². The van der Waals surface area contributed by atoms with Crippen molar-refractivity contribution in [3.8, 4) is 5.69 Å². The van der Waals surface area contributed by atoms with E-state index >= 15 is 0 Å². The zero-order valence-electron chi connectivity index (χ0n) is 10.8. The molecule has 0 aliphatic carbocycles. The second-order valence-electron chi connectivity index (χ2n) is 4.49. The Kier molecular flexibility index (Phi) is 3.06. The van der Waals surface area contributed by atoms with Gasteiger partial charge in [0.05, 0.1) is 18.6 Å². The van der Waals surface area contributed by atoms with E-state index < -0.39 is 0 Å². The quantitative estimate of drug-likeness (QED) is 0.775. The summed E-state index contributed by atoms with van der Waals surface area (Å²) in [6.07, 6.45) is 7.77. The molecule has 0 unspecified atom stereocenters. The van der Waals surface area contributed by atoms with Crippen LogP contribution in [0, 0.1) is 0 Å². The maximum Gasteiger partial charge on any atom is 0.0946 e. The number of aryl methyl sites for hydroxylation is 1. The molecular formula is C15H16N4. The largest absolute Gasteiger partial charge is 0.379 e. The van der Waals surface area contributed by atoms with Gasteiger partial charge in [-0.3, -0.25) is 0 Å². The van der Waals surface area contributed by atoms with Crippen LogP contribution in [0.2, 0.25) is 0 Å². The Morgan fingerprint density at radius 3 is 2.74 bits per heavy atom. The number of benzene rings is 1. The molecule has 2 heterocycles. The molecule has 1 N–H and O–H groups in total. The highest BCUT2D eigenvalue weighted by molar-refractivity contribution is 5.51. The predicted octanol–water partition coefficient (Wildman–Crippen LogP) is 2.82. The van der Waals surface area contributed by atoms with Gasteiger partial charge in [-0.2, -0.15) is 0 Å². The number of nitrogens with zero attached hydrogens (tertiary/aromatic N) is 3. The van der Waals surface area contributed by atoms with Crippen LogP contribution in [0.25, 0.3) is 5.69 Å². The van der Waals surface area contributed by atoms with Gasteiger partial charge in [0.25, 0.3) is 0 Å². The van der Waals surface area contributed by atoms with Gasteiger partial charge in [-0.15, -0.1) is 0 Å². The molecule has 0 spiro atoms. The highest BCUT2D eigenvalue weighted by atomic mass is 15.0. The molecule has 4 heteroatoms. The number of anilines is 1. The zero-order valence-corrected chi connectivity index (χ0v) is 10.8. The summed E-state index contributed by atoms with van der Waals surface area (Å²) in [4.78, 5) is 4.11. The predicted molar refractivity (Wildman–Crippen MR) is 76.3 cm³/mol. The number of hydrogen-bond donors (Lipinski definition) is 1. The van der Waals surface area contributed by atoms with E-state index in [1.54, 1.807) is 0 Å². The lowest BCUT2D eigenvalue weighted by molar-refractivity contribution is 0.837. The van der Waals surface area contributed by atoms with E-state index in [1.807, 2.05) is 48.7 Å². The van der Waals surface area contributed by atoms with Crippen LogP contribution in [-0.2, 0) is 13.6 Å². The summed E-state index contributed by atoms with van der Waals surface area (Å²) in [5.74, 6) is 0. The van der Waals surface area contributed by atoms with Crippen molar-refractivity contribution in [1.29, 1.82) is 0 Å². The number of rotatable bonds is 4. The van der Waals surface area contributed by atoms with Gasteiger partial charge in [-0.25, -0.2) is 4.98 Å². The minimum absolute atomic E-state index is 0.769. The first kappa shape index (κ1) is 11.6. The number of nitrogens with one attached hydrogen (secondary N) is 1. The van der Waals surface area contributed by atoms with Gasteiger partial charge in [-0.05, 0) is 30.3 Å². The molecule has 4 nitrogen and oxygen atoms in total. The van der Waals surface area contributed by atoms with E-state index in [0.29, 0.717) is 0 Å². The van der Waals surface area contributed by atoms with E-state index in [4.69, 9.17) is 0 Å². The third-order valence-electron chi connectivity index (χ3n) is 3.14. The molecule has 0 saturated heterocycles. The van der Waals surface area contributed by atoms with Crippen LogP contribution >= 0.6 is 0 Å². The van der Waals surface area contributed by atoms with Gasteiger partial charge in [0.1, 0.15) is 0 Å². The Bertz CT molecular complexity index is 652. The van der Waals surface area contributed by atoms with Crippen molar-refractivity contribution < 1.29 is 0 Å². The van der Waals surface area contributed by atoms with E-state index in [2.05, 4.69) is 39.1 Å². The molecule has 19 heavy (non-hydrogen) atoms. The number of aromatic nitrogens is 3. The SMILES string of the molecule is Cn1cncc1CNc1cccc(-n2cccc2)c1. The van der Waals surface area contributed by atoms with Gasteiger partial charge in [0.2, 0.25) is 0 Å². The fraction of sp³-hybridized carbons (Fsp3) is 0.133. The summed E-state index contributed by atoms with van der Waals surface area (Å²) in [6.45, 7) is 0.769. The summed E-state index contributed by atoms with van der Waals surface area (Å²) in [6, 6.07) is 12.4. The lowest BCUT2D eigenvalue weighted by Crippen LogP contribution is -2.04. The first-order valence-corrected chi connectivity index (χ1v) is 6.25.